The van der Waals surface area contributed by atoms with Gasteiger partial charge in [0.15, 0.2) is 0 Å². The molecule has 19 heavy (non-hydrogen) atoms. The lowest BCUT2D eigenvalue weighted by Crippen LogP contribution is -2.05. The monoisotopic (exact) mass is 391 g/mol. The van der Waals surface area contributed by atoms with Gasteiger partial charge in [-0.05, 0) is 44.8 Å². The molecule has 0 bridgehead atoms. The van der Waals surface area contributed by atoms with E-state index >= 15 is 0 Å². The zero-order valence-corrected chi connectivity index (χ0v) is 13.5. The fourth-order valence-electron chi connectivity index (χ4n) is 1.65. The number of nitrogens with two attached hydrogens (primary N) is 1. The van der Waals surface area contributed by atoms with Crippen LogP contribution in [0.5, 0.6) is 5.75 Å². The fourth-order valence-corrected chi connectivity index (χ4v) is 2.46. The molecule has 102 valence electrons. The summed E-state index contributed by atoms with van der Waals surface area (Å²) in [6.45, 7) is 2.14. The van der Waals surface area contributed by atoms with E-state index in [1.165, 1.54) is 12.1 Å². The van der Waals surface area contributed by atoms with Gasteiger partial charge in [0.2, 0.25) is 0 Å². The summed E-state index contributed by atoms with van der Waals surface area (Å²) in [4.78, 5) is 0. The lowest BCUT2D eigenvalue weighted by atomic mass is 10.3. The number of rotatable bonds is 3. The Morgan fingerprint density at radius 1 is 1.42 bits per heavy atom. The minimum atomic E-state index is -0.413. The highest BCUT2D eigenvalue weighted by Crippen LogP contribution is 2.30. The summed E-state index contributed by atoms with van der Waals surface area (Å²) >= 11 is 6.51. The van der Waals surface area contributed by atoms with Crippen molar-refractivity contribution in [2.24, 2.45) is 7.05 Å². The average Bonchev–Trinajstić information content (AvgIpc) is 2.57. The maximum atomic E-state index is 13.4. The van der Waals surface area contributed by atoms with Crippen molar-refractivity contribution in [1.82, 2.24) is 9.78 Å². The minimum absolute atomic E-state index is 0.253. The Hall–Kier alpha value is -1.08. The van der Waals surface area contributed by atoms with Crippen molar-refractivity contribution in [3.05, 3.63) is 38.3 Å². The van der Waals surface area contributed by atoms with Crippen LogP contribution < -0.4 is 10.5 Å². The first-order valence-corrected chi connectivity index (χ1v) is 7.04. The standard InChI is InChI=1S/C12H12Br2FN3O/c1-6-12(14)10(18(2)17-6)5-19-11-4-8(15)7(13)3-9(11)16/h3-4H,5,16H2,1-2H3. The van der Waals surface area contributed by atoms with Gasteiger partial charge in [0.05, 0.1) is 26.0 Å². The Bertz CT molecular complexity index is 628. The normalized spacial score (nSPS) is 10.8. The molecule has 0 saturated carbocycles. The number of nitrogen functional groups attached to an aromatic ring is 1. The van der Waals surface area contributed by atoms with E-state index in [0.29, 0.717) is 15.9 Å². The maximum Gasteiger partial charge on any atom is 0.145 e. The Kier molecular flexibility index (Phi) is 4.15. The average molecular weight is 393 g/mol. The third kappa shape index (κ3) is 2.92. The van der Waals surface area contributed by atoms with Crippen molar-refractivity contribution in [1.29, 1.82) is 0 Å². The predicted octanol–water partition coefficient (Wildman–Crippen LogP) is 3.55. The second-order valence-electron chi connectivity index (χ2n) is 4.06. The van der Waals surface area contributed by atoms with Crippen molar-refractivity contribution in [3.63, 3.8) is 0 Å². The third-order valence-electron chi connectivity index (χ3n) is 2.68. The molecule has 0 spiro atoms. The number of aryl methyl sites for hydroxylation is 2. The van der Waals surface area contributed by atoms with Crippen LogP contribution in [-0.4, -0.2) is 9.78 Å². The SMILES string of the molecule is Cc1nn(C)c(COc2cc(F)c(Br)cc2N)c1Br. The van der Waals surface area contributed by atoms with Gasteiger partial charge < -0.3 is 10.5 Å². The Morgan fingerprint density at radius 2 is 2.11 bits per heavy atom. The maximum absolute atomic E-state index is 13.4. The van der Waals surface area contributed by atoms with Crippen LogP contribution in [0.15, 0.2) is 21.1 Å². The molecule has 1 aromatic heterocycles. The molecular weight excluding hydrogens is 381 g/mol. The minimum Gasteiger partial charge on any atom is -0.485 e. The summed E-state index contributed by atoms with van der Waals surface area (Å²) in [5, 5.41) is 4.25. The molecule has 2 aromatic rings. The zero-order valence-electron chi connectivity index (χ0n) is 10.4. The van der Waals surface area contributed by atoms with Crippen molar-refractivity contribution >= 4 is 37.5 Å². The van der Waals surface area contributed by atoms with Gasteiger partial charge in [-0.2, -0.15) is 5.10 Å². The highest BCUT2D eigenvalue weighted by atomic mass is 79.9. The first-order chi connectivity index (χ1) is 8.90. The molecule has 1 heterocycles. The molecule has 0 aliphatic rings. The molecule has 0 aliphatic carbocycles. The molecule has 0 amide bonds. The topological polar surface area (TPSA) is 53.1 Å². The number of nitrogens with zero attached hydrogens (tertiary/aromatic N) is 2. The lowest BCUT2D eigenvalue weighted by Gasteiger charge is -2.10. The van der Waals surface area contributed by atoms with Gasteiger partial charge in [-0.1, -0.05) is 0 Å². The summed E-state index contributed by atoms with van der Waals surface area (Å²) in [6.07, 6.45) is 0. The van der Waals surface area contributed by atoms with Crippen LogP contribution in [0.25, 0.3) is 0 Å². The summed E-state index contributed by atoms with van der Waals surface area (Å²) in [7, 11) is 1.82. The molecule has 0 radical (unpaired) electrons. The van der Waals surface area contributed by atoms with Crippen molar-refractivity contribution in [2.75, 3.05) is 5.73 Å². The number of anilines is 1. The summed E-state index contributed by atoms with van der Waals surface area (Å²) in [6, 6.07) is 2.74. The number of ether oxygens (including phenoxy) is 1. The van der Waals surface area contributed by atoms with E-state index in [1.54, 1.807) is 4.68 Å². The zero-order chi connectivity index (χ0) is 14.2. The molecule has 7 heteroatoms. The summed E-state index contributed by atoms with van der Waals surface area (Å²) in [5.41, 5.74) is 7.89. The Labute approximate surface area is 127 Å². The van der Waals surface area contributed by atoms with Gasteiger partial charge >= 0.3 is 0 Å². The lowest BCUT2D eigenvalue weighted by molar-refractivity contribution is 0.294. The molecule has 2 N–H and O–H groups in total. The van der Waals surface area contributed by atoms with Crippen LogP contribution in [-0.2, 0) is 13.7 Å². The van der Waals surface area contributed by atoms with Crippen LogP contribution in [0, 0.1) is 12.7 Å². The molecule has 4 nitrogen and oxygen atoms in total. The van der Waals surface area contributed by atoms with Crippen LogP contribution in [0.2, 0.25) is 0 Å². The van der Waals surface area contributed by atoms with Crippen molar-refractivity contribution in [2.45, 2.75) is 13.5 Å². The number of hydrogen-bond donors (Lipinski definition) is 1. The number of halogens is 3. The van der Waals surface area contributed by atoms with E-state index in [4.69, 9.17) is 10.5 Å². The second kappa shape index (κ2) is 5.50. The highest BCUT2D eigenvalue weighted by molar-refractivity contribution is 9.10. The highest BCUT2D eigenvalue weighted by Gasteiger charge is 2.13. The van der Waals surface area contributed by atoms with Crippen LogP contribution in [0.3, 0.4) is 0 Å². The van der Waals surface area contributed by atoms with E-state index in [2.05, 4.69) is 37.0 Å². The van der Waals surface area contributed by atoms with Crippen molar-refractivity contribution in [3.8, 4) is 5.75 Å². The molecule has 0 fully saturated rings. The molecule has 2 rings (SSSR count). The van der Waals surface area contributed by atoms with Gasteiger partial charge in [0, 0.05) is 13.1 Å². The number of aromatic nitrogens is 2. The van der Waals surface area contributed by atoms with E-state index in [-0.39, 0.29) is 6.61 Å². The molecular formula is C12H12Br2FN3O. The van der Waals surface area contributed by atoms with E-state index in [9.17, 15) is 4.39 Å². The van der Waals surface area contributed by atoms with Gasteiger partial charge in [-0.15, -0.1) is 0 Å². The first kappa shape index (κ1) is 14.3. The largest absolute Gasteiger partial charge is 0.485 e. The quantitative estimate of drug-likeness (QED) is 0.812. The van der Waals surface area contributed by atoms with Gasteiger partial charge in [-0.3, -0.25) is 4.68 Å². The second-order valence-corrected chi connectivity index (χ2v) is 5.71. The fraction of sp³-hybridized carbons (Fsp3) is 0.250. The van der Waals surface area contributed by atoms with E-state index in [0.717, 1.165) is 15.9 Å². The molecule has 1 aromatic carbocycles. The van der Waals surface area contributed by atoms with Crippen LogP contribution in [0.4, 0.5) is 10.1 Å². The summed E-state index contributed by atoms with van der Waals surface area (Å²) < 4.78 is 21.9. The predicted molar refractivity (Wildman–Crippen MR) is 78.5 cm³/mol. The molecule has 0 unspecified atom stereocenters. The smallest absolute Gasteiger partial charge is 0.145 e. The van der Waals surface area contributed by atoms with Crippen molar-refractivity contribution < 1.29 is 9.13 Å². The van der Waals surface area contributed by atoms with Crippen LogP contribution in [0.1, 0.15) is 11.4 Å². The molecule has 0 atom stereocenters. The van der Waals surface area contributed by atoms with Gasteiger partial charge in [-0.25, -0.2) is 4.39 Å². The Morgan fingerprint density at radius 3 is 2.68 bits per heavy atom. The van der Waals surface area contributed by atoms with E-state index in [1.807, 2.05) is 14.0 Å². The number of hydrogen-bond acceptors (Lipinski definition) is 3. The molecule has 0 saturated heterocycles. The van der Waals surface area contributed by atoms with Gasteiger partial charge in [0.1, 0.15) is 18.2 Å². The summed E-state index contributed by atoms with van der Waals surface area (Å²) in [5.74, 6) is -0.101. The van der Waals surface area contributed by atoms with E-state index < -0.39 is 5.82 Å². The third-order valence-corrected chi connectivity index (χ3v) is 4.32. The first-order valence-electron chi connectivity index (χ1n) is 5.45. The number of benzene rings is 1. The van der Waals surface area contributed by atoms with Crippen LogP contribution >= 0.6 is 31.9 Å². The van der Waals surface area contributed by atoms with Gasteiger partial charge in [0.25, 0.3) is 0 Å². The molecule has 0 aliphatic heterocycles. The Balaban J connectivity index is 2.21.